The van der Waals surface area contributed by atoms with Gasteiger partial charge in [-0.3, -0.25) is 0 Å². The first kappa shape index (κ1) is 6.27. The number of nitriles is 1. The summed E-state index contributed by atoms with van der Waals surface area (Å²) in [5.74, 6) is 0. The lowest BCUT2D eigenvalue weighted by Crippen LogP contribution is -2.04. The maximum Gasteiger partial charge on any atom is 0.119 e. The summed E-state index contributed by atoms with van der Waals surface area (Å²) >= 11 is 1.55. The van der Waals surface area contributed by atoms with E-state index in [1.54, 1.807) is 11.3 Å². The van der Waals surface area contributed by atoms with E-state index in [0.29, 0.717) is 0 Å². The Bertz CT molecular complexity index is 209. The third kappa shape index (κ3) is 1.28. The van der Waals surface area contributed by atoms with Crippen molar-refractivity contribution in [2.75, 3.05) is 0 Å². The van der Waals surface area contributed by atoms with E-state index in [1.165, 1.54) is 0 Å². The molecular formula is C6H6N2S. The Hall–Kier alpha value is -0.850. The molecule has 0 bridgehead atoms. The van der Waals surface area contributed by atoms with Crippen LogP contribution in [0.1, 0.15) is 11.6 Å². The van der Waals surface area contributed by atoms with Crippen LogP contribution in [0.3, 0.4) is 0 Å². The Balaban J connectivity index is 2.80. The molecule has 0 unspecified atom stereocenters. The van der Waals surface area contributed by atoms with Crippen molar-refractivity contribution in [3.05, 3.63) is 22.4 Å². The zero-order valence-electron chi connectivity index (χ0n) is 4.74. The minimum absolute atomic E-state index is 0.448. The molecule has 3 heteroatoms. The highest BCUT2D eigenvalue weighted by Crippen LogP contribution is 2.12. The molecule has 46 valence electrons. The minimum atomic E-state index is -0.448. The summed E-state index contributed by atoms with van der Waals surface area (Å²) in [5, 5.41) is 12.1. The zero-order valence-corrected chi connectivity index (χ0v) is 5.56. The Morgan fingerprint density at radius 2 is 2.56 bits per heavy atom. The van der Waals surface area contributed by atoms with Crippen LogP contribution in [0.5, 0.6) is 0 Å². The van der Waals surface area contributed by atoms with Crippen LogP contribution < -0.4 is 5.73 Å². The molecule has 1 atom stereocenters. The van der Waals surface area contributed by atoms with Crippen LogP contribution in [-0.4, -0.2) is 0 Å². The summed E-state index contributed by atoms with van der Waals surface area (Å²) in [6.07, 6.45) is 0. The Morgan fingerprint density at radius 1 is 1.78 bits per heavy atom. The van der Waals surface area contributed by atoms with Gasteiger partial charge in [0.25, 0.3) is 0 Å². The quantitative estimate of drug-likeness (QED) is 0.635. The maximum absolute atomic E-state index is 8.34. The lowest BCUT2D eigenvalue weighted by atomic mass is 10.2. The van der Waals surface area contributed by atoms with Crippen molar-refractivity contribution in [1.29, 1.82) is 5.26 Å². The van der Waals surface area contributed by atoms with Crippen molar-refractivity contribution in [2.24, 2.45) is 5.73 Å². The zero-order chi connectivity index (χ0) is 6.69. The van der Waals surface area contributed by atoms with E-state index in [9.17, 15) is 0 Å². The molecule has 0 aliphatic rings. The third-order valence-electron chi connectivity index (χ3n) is 1.04. The van der Waals surface area contributed by atoms with E-state index in [2.05, 4.69) is 0 Å². The Kier molecular flexibility index (Phi) is 1.83. The van der Waals surface area contributed by atoms with E-state index >= 15 is 0 Å². The second kappa shape index (κ2) is 2.62. The molecule has 0 fully saturated rings. The fourth-order valence-electron chi connectivity index (χ4n) is 0.526. The standard InChI is InChI=1S/C6H6N2S/c7-3-6(8)5-1-2-9-4-5/h1-2,4,6H,8H2/t6-/m1/s1. The van der Waals surface area contributed by atoms with E-state index in [4.69, 9.17) is 11.0 Å². The predicted octanol–water partition coefficient (Wildman–Crippen LogP) is 1.27. The number of thiophene rings is 1. The van der Waals surface area contributed by atoms with Crippen molar-refractivity contribution in [3.8, 4) is 6.07 Å². The van der Waals surface area contributed by atoms with Crippen molar-refractivity contribution in [3.63, 3.8) is 0 Å². The number of nitrogens with two attached hydrogens (primary N) is 1. The highest BCUT2D eigenvalue weighted by atomic mass is 32.1. The highest BCUT2D eigenvalue weighted by molar-refractivity contribution is 7.07. The van der Waals surface area contributed by atoms with Gasteiger partial charge in [0.1, 0.15) is 6.04 Å². The average Bonchev–Trinajstić information content (AvgIpc) is 2.37. The van der Waals surface area contributed by atoms with Crippen LogP contribution in [0.15, 0.2) is 16.8 Å². The molecule has 0 aromatic carbocycles. The first-order valence-corrected chi connectivity index (χ1v) is 3.46. The third-order valence-corrected chi connectivity index (χ3v) is 1.74. The molecule has 0 saturated heterocycles. The van der Waals surface area contributed by atoms with Gasteiger partial charge < -0.3 is 5.73 Å². The van der Waals surface area contributed by atoms with Crippen LogP contribution in [0.2, 0.25) is 0 Å². The molecule has 1 heterocycles. The topological polar surface area (TPSA) is 49.8 Å². The van der Waals surface area contributed by atoms with E-state index in [0.717, 1.165) is 5.56 Å². The number of hydrogen-bond donors (Lipinski definition) is 1. The molecule has 1 aromatic rings. The summed E-state index contributed by atoms with van der Waals surface area (Å²) in [5.41, 5.74) is 6.29. The molecule has 9 heavy (non-hydrogen) atoms. The van der Waals surface area contributed by atoms with Gasteiger partial charge in [-0.25, -0.2) is 0 Å². The van der Waals surface area contributed by atoms with E-state index < -0.39 is 6.04 Å². The van der Waals surface area contributed by atoms with Gasteiger partial charge in [-0.15, -0.1) is 0 Å². The summed E-state index contributed by atoms with van der Waals surface area (Å²) in [6, 6.07) is 3.36. The summed E-state index contributed by atoms with van der Waals surface area (Å²) in [4.78, 5) is 0. The Morgan fingerprint density at radius 3 is 3.00 bits per heavy atom. The summed E-state index contributed by atoms with van der Waals surface area (Å²) in [6.45, 7) is 0. The van der Waals surface area contributed by atoms with Crippen LogP contribution in [0, 0.1) is 11.3 Å². The van der Waals surface area contributed by atoms with Crippen LogP contribution in [0.4, 0.5) is 0 Å². The molecule has 0 radical (unpaired) electrons. The SMILES string of the molecule is N#C[C@@H](N)c1ccsc1. The van der Waals surface area contributed by atoms with Gasteiger partial charge in [-0.1, -0.05) is 0 Å². The molecule has 1 rings (SSSR count). The molecule has 0 spiro atoms. The normalized spacial score (nSPS) is 12.4. The van der Waals surface area contributed by atoms with Crippen molar-refractivity contribution in [2.45, 2.75) is 6.04 Å². The van der Waals surface area contributed by atoms with E-state index in [-0.39, 0.29) is 0 Å². The minimum Gasteiger partial charge on any atom is -0.312 e. The van der Waals surface area contributed by atoms with Gasteiger partial charge in [0.2, 0.25) is 0 Å². The number of rotatable bonds is 1. The largest absolute Gasteiger partial charge is 0.312 e. The van der Waals surface area contributed by atoms with E-state index in [1.807, 2.05) is 22.9 Å². The fraction of sp³-hybridized carbons (Fsp3) is 0.167. The van der Waals surface area contributed by atoms with Gasteiger partial charge in [0, 0.05) is 0 Å². The molecule has 0 aliphatic heterocycles. The number of nitrogens with zero attached hydrogens (tertiary/aromatic N) is 1. The predicted molar refractivity (Wildman–Crippen MR) is 36.9 cm³/mol. The Labute approximate surface area is 57.5 Å². The van der Waals surface area contributed by atoms with Crippen molar-refractivity contribution >= 4 is 11.3 Å². The van der Waals surface area contributed by atoms with Gasteiger partial charge in [-0.2, -0.15) is 16.6 Å². The summed E-state index contributed by atoms with van der Waals surface area (Å²) < 4.78 is 0. The molecular weight excluding hydrogens is 132 g/mol. The van der Waals surface area contributed by atoms with Gasteiger partial charge in [0.05, 0.1) is 6.07 Å². The fourth-order valence-corrected chi connectivity index (χ4v) is 1.22. The first-order valence-electron chi connectivity index (χ1n) is 2.52. The summed E-state index contributed by atoms with van der Waals surface area (Å²) in [7, 11) is 0. The van der Waals surface area contributed by atoms with Crippen LogP contribution in [0.25, 0.3) is 0 Å². The molecule has 1 aromatic heterocycles. The second-order valence-electron chi connectivity index (χ2n) is 1.66. The molecule has 2 nitrogen and oxygen atoms in total. The smallest absolute Gasteiger partial charge is 0.119 e. The van der Waals surface area contributed by atoms with Gasteiger partial charge in [0.15, 0.2) is 0 Å². The molecule has 0 saturated carbocycles. The maximum atomic E-state index is 8.34. The van der Waals surface area contributed by atoms with Gasteiger partial charge in [-0.05, 0) is 22.4 Å². The van der Waals surface area contributed by atoms with Crippen LogP contribution in [-0.2, 0) is 0 Å². The van der Waals surface area contributed by atoms with Crippen LogP contribution >= 0.6 is 11.3 Å². The van der Waals surface area contributed by atoms with Crippen molar-refractivity contribution in [1.82, 2.24) is 0 Å². The number of hydrogen-bond acceptors (Lipinski definition) is 3. The average molecular weight is 138 g/mol. The lowest BCUT2D eigenvalue weighted by molar-refractivity contribution is 0.933. The second-order valence-corrected chi connectivity index (χ2v) is 2.44. The molecule has 0 amide bonds. The molecule has 2 N–H and O–H groups in total. The van der Waals surface area contributed by atoms with Gasteiger partial charge >= 0.3 is 0 Å². The monoisotopic (exact) mass is 138 g/mol. The molecule has 0 aliphatic carbocycles. The van der Waals surface area contributed by atoms with Crippen molar-refractivity contribution < 1.29 is 0 Å². The lowest BCUT2D eigenvalue weighted by Gasteiger charge is -1.93. The first-order chi connectivity index (χ1) is 4.34. The highest BCUT2D eigenvalue weighted by Gasteiger charge is 2.01.